The zero-order valence-corrected chi connectivity index (χ0v) is 27.2. The number of rotatable bonds is 4. The fraction of sp³-hybridized carbons (Fsp3) is 0.562. The number of thioether (sulfide) groups is 1. The molecular weight excluding hydrogens is 627 g/mol. The molecule has 0 spiro atoms. The van der Waals surface area contributed by atoms with E-state index in [0.717, 1.165) is 17.8 Å². The van der Waals surface area contributed by atoms with E-state index < -0.39 is 42.3 Å². The Balaban J connectivity index is 1.57. The molecule has 46 heavy (non-hydrogen) atoms. The highest BCUT2D eigenvalue weighted by Gasteiger charge is 2.42. The van der Waals surface area contributed by atoms with E-state index in [4.69, 9.17) is 4.74 Å². The van der Waals surface area contributed by atoms with Gasteiger partial charge in [-0.25, -0.2) is 23.5 Å². The number of allylic oxidation sites excluding steroid dienone is 2. The molecule has 1 saturated heterocycles. The molecule has 0 saturated carbocycles. The lowest BCUT2D eigenvalue weighted by Gasteiger charge is -2.51. The van der Waals surface area contributed by atoms with Crippen LogP contribution < -0.4 is 15.3 Å². The van der Waals surface area contributed by atoms with Gasteiger partial charge in [-0.2, -0.15) is 18.2 Å². The summed E-state index contributed by atoms with van der Waals surface area (Å²) in [6.45, 7) is 11.4. The molecule has 14 heteroatoms. The molecule has 2 aliphatic heterocycles. The summed E-state index contributed by atoms with van der Waals surface area (Å²) in [5.41, 5.74) is -1.34. The number of aromatic nitrogens is 4. The van der Waals surface area contributed by atoms with Gasteiger partial charge in [0.25, 0.3) is 5.92 Å². The largest absolute Gasteiger partial charge is 0.457 e. The van der Waals surface area contributed by atoms with Gasteiger partial charge in [-0.15, -0.1) is 11.8 Å². The Hall–Kier alpha value is -3.26. The molecule has 0 unspecified atom stereocenters. The van der Waals surface area contributed by atoms with E-state index in [0.29, 0.717) is 18.6 Å². The van der Waals surface area contributed by atoms with Gasteiger partial charge in [-0.1, -0.05) is 6.08 Å². The zero-order valence-electron chi connectivity index (χ0n) is 26.4. The summed E-state index contributed by atoms with van der Waals surface area (Å²) < 4.78 is 80.7. The molecule has 6 rings (SSSR count). The van der Waals surface area contributed by atoms with Crippen LogP contribution in [0.5, 0.6) is 6.01 Å². The first-order valence-electron chi connectivity index (χ1n) is 15.4. The van der Waals surface area contributed by atoms with Gasteiger partial charge >= 0.3 is 17.9 Å². The van der Waals surface area contributed by atoms with Crippen molar-refractivity contribution in [3.05, 3.63) is 52.2 Å². The summed E-state index contributed by atoms with van der Waals surface area (Å²) in [6.07, 6.45) is -2.70. The predicted molar refractivity (Wildman–Crippen MR) is 168 cm³/mol. The molecule has 248 valence electrons. The number of benzene rings is 1. The Morgan fingerprint density at radius 2 is 1.72 bits per heavy atom. The second-order valence-electron chi connectivity index (χ2n) is 13.4. The number of piperazine rings is 1. The molecular formula is C32H37F5N6O2S. The molecule has 1 aromatic carbocycles. The van der Waals surface area contributed by atoms with Crippen LogP contribution in [0.4, 0.5) is 27.8 Å². The van der Waals surface area contributed by atoms with Gasteiger partial charge in [0.15, 0.2) is 0 Å². The SMILES string of the molecule is C[C@@H]1CN(c2nc(=O)n3c4c(c(C5=CCC(F)(F)CC5)c(C(F)(F)F)cc24)SC[C@@H](Oc2ncccn2)C3)C[C@H](C)N1C(C)(C)C. The number of alkyl halides is 5. The lowest BCUT2D eigenvalue weighted by atomic mass is 9.87. The van der Waals surface area contributed by atoms with Gasteiger partial charge in [0.1, 0.15) is 11.9 Å². The summed E-state index contributed by atoms with van der Waals surface area (Å²) in [4.78, 5) is 31.0. The third kappa shape index (κ3) is 6.22. The zero-order chi connectivity index (χ0) is 33.2. The molecule has 8 nitrogen and oxygen atoms in total. The van der Waals surface area contributed by atoms with E-state index in [2.05, 4.69) is 54.5 Å². The van der Waals surface area contributed by atoms with Crippen LogP contribution in [-0.2, 0) is 12.7 Å². The van der Waals surface area contributed by atoms with Crippen LogP contribution in [0.1, 0.15) is 65.0 Å². The molecule has 1 fully saturated rings. The summed E-state index contributed by atoms with van der Waals surface area (Å²) in [6, 6.07) is 2.80. The summed E-state index contributed by atoms with van der Waals surface area (Å²) in [5, 5.41) is 0.195. The maximum Gasteiger partial charge on any atom is 0.417 e. The first-order chi connectivity index (χ1) is 21.5. The van der Waals surface area contributed by atoms with Gasteiger partial charge in [-0.05, 0) is 58.7 Å². The predicted octanol–water partition coefficient (Wildman–Crippen LogP) is 6.66. The van der Waals surface area contributed by atoms with Crippen molar-refractivity contribution in [2.45, 2.75) is 101 Å². The third-order valence-electron chi connectivity index (χ3n) is 8.84. The van der Waals surface area contributed by atoms with Gasteiger partial charge in [0, 0.05) is 77.5 Å². The Bertz CT molecular complexity index is 1710. The van der Waals surface area contributed by atoms with Gasteiger partial charge in [0.2, 0.25) is 0 Å². The molecule has 4 heterocycles. The maximum absolute atomic E-state index is 15.0. The first-order valence-corrected chi connectivity index (χ1v) is 16.4. The average Bonchev–Trinajstić information content (AvgIpc) is 3.14. The summed E-state index contributed by atoms with van der Waals surface area (Å²) >= 11 is 1.13. The Morgan fingerprint density at radius 3 is 2.30 bits per heavy atom. The number of nitrogens with zero attached hydrogens (tertiary/aromatic N) is 6. The van der Waals surface area contributed by atoms with Crippen LogP contribution in [0.3, 0.4) is 0 Å². The summed E-state index contributed by atoms with van der Waals surface area (Å²) in [7, 11) is 0. The standard InChI is InChI=1S/C32H37F5N6O2S/c1-18-14-41(15-19(2)43(18)30(3,4)5)27-22-13-23(32(35,36)37)24(20-7-9-31(33,34)10-8-20)26-25(22)42(29(44)40-27)16-21(17-46-26)45-28-38-11-6-12-39-28/h6-7,11-13,18-19,21H,8-10,14-17H2,1-5H3/t18-,19+,21-/m0/s1. The lowest BCUT2D eigenvalue weighted by Crippen LogP contribution is -2.62. The Kier molecular flexibility index (Phi) is 8.36. The van der Waals surface area contributed by atoms with E-state index in [9.17, 15) is 13.6 Å². The number of hydrogen-bond acceptors (Lipinski definition) is 8. The molecule has 3 atom stereocenters. The molecule has 1 aliphatic carbocycles. The minimum absolute atomic E-state index is 0.00655. The van der Waals surface area contributed by atoms with Gasteiger partial charge in [-0.3, -0.25) is 9.47 Å². The normalized spacial score (nSPS) is 24.1. The summed E-state index contributed by atoms with van der Waals surface area (Å²) in [5.74, 6) is -2.63. The average molecular weight is 665 g/mol. The van der Waals surface area contributed by atoms with Crippen molar-refractivity contribution in [2.24, 2.45) is 0 Å². The van der Waals surface area contributed by atoms with Crippen molar-refractivity contribution >= 4 is 34.1 Å². The lowest BCUT2D eigenvalue weighted by molar-refractivity contribution is -0.137. The van der Waals surface area contributed by atoms with Crippen molar-refractivity contribution in [3.8, 4) is 6.01 Å². The number of anilines is 1. The van der Waals surface area contributed by atoms with Crippen molar-refractivity contribution < 1.29 is 26.7 Å². The molecule has 2 aromatic heterocycles. The topological polar surface area (TPSA) is 76.4 Å². The van der Waals surface area contributed by atoms with Crippen molar-refractivity contribution in [1.82, 2.24) is 24.4 Å². The van der Waals surface area contributed by atoms with E-state index in [1.54, 1.807) is 6.07 Å². The highest BCUT2D eigenvalue weighted by atomic mass is 32.2. The minimum atomic E-state index is -4.80. The molecule has 0 amide bonds. The minimum Gasteiger partial charge on any atom is -0.457 e. The molecule has 0 radical (unpaired) electrons. The van der Waals surface area contributed by atoms with Crippen molar-refractivity contribution in [2.75, 3.05) is 23.7 Å². The van der Waals surface area contributed by atoms with E-state index in [-0.39, 0.29) is 69.6 Å². The molecule has 3 aliphatic rings. The van der Waals surface area contributed by atoms with Crippen LogP contribution in [0, 0.1) is 0 Å². The van der Waals surface area contributed by atoms with Crippen molar-refractivity contribution in [1.29, 1.82) is 0 Å². The molecule has 0 bridgehead atoms. The number of hydrogen-bond donors (Lipinski definition) is 0. The van der Waals surface area contributed by atoms with Gasteiger partial charge < -0.3 is 9.64 Å². The van der Waals surface area contributed by atoms with E-state index >= 15 is 13.2 Å². The fourth-order valence-corrected chi connectivity index (χ4v) is 8.59. The van der Waals surface area contributed by atoms with Crippen LogP contribution in [0.15, 0.2) is 40.3 Å². The third-order valence-corrected chi connectivity index (χ3v) is 10.1. The van der Waals surface area contributed by atoms with Gasteiger partial charge in [0.05, 0.1) is 17.6 Å². The molecule has 3 aromatic rings. The van der Waals surface area contributed by atoms with E-state index in [1.165, 1.54) is 23.0 Å². The Morgan fingerprint density at radius 1 is 1.04 bits per heavy atom. The van der Waals surface area contributed by atoms with E-state index in [1.807, 2.05) is 4.90 Å². The molecule has 0 N–H and O–H groups in total. The van der Waals surface area contributed by atoms with Crippen molar-refractivity contribution in [3.63, 3.8) is 0 Å². The Labute approximate surface area is 268 Å². The van der Waals surface area contributed by atoms with Crippen LogP contribution in [-0.4, -0.2) is 72.9 Å². The second kappa shape index (κ2) is 11.8. The van der Waals surface area contributed by atoms with Crippen LogP contribution in [0.25, 0.3) is 16.5 Å². The first kappa shape index (κ1) is 32.7. The second-order valence-corrected chi connectivity index (χ2v) is 14.4. The highest BCUT2D eigenvalue weighted by molar-refractivity contribution is 7.99. The van der Waals surface area contributed by atoms with Crippen LogP contribution in [0.2, 0.25) is 0 Å². The number of halogens is 5. The number of ether oxygens (including phenoxy) is 1. The highest BCUT2D eigenvalue weighted by Crippen LogP contribution is 2.49. The fourth-order valence-electron chi connectivity index (χ4n) is 7.33. The maximum atomic E-state index is 15.0. The monoisotopic (exact) mass is 664 g/mol. The smallest absolute Gasteiger partial charge is 0.417 e. The quantitative estimate of drug-likeness (QED) is 0.287. The van der Waals surface area contributed by atoms with Crippen LogP contribution >= 0.6 is 11.8 Å².